The Labute approximate surface area is 116 Å². The van der Waals surface area contributed by atoms with Gasteiger partial charge in [-0.1, -0.05) is 0 Å². The standard InChI is InChI=1S/C11H10N4O6/c16-8-2-1-7(11(19)14-8)13-10(18)6-3-5(15(20)21)4-12-9(6)17/h3-4,7H,1-2H2,(H,12,17)(H,13,18)(H,14,16,19). The van der Waals surface area contributed by atoms with Crippen LogP contribution in [0.5, 0.6) is 0 Å². The van der Waals surface area contributed by atoms with Crippen molar-refractivity contribution in [3.8, 4) is 0 Å². The van der Waals surface area contributed by atoms with E-state index >= 15 is 0 Å². The van der Waals surface area contributed by atoms with Crippen LogP contribution in [-0.2, 0) is 9.59 Å². The van der Waals surface area contributed by atoms with Crippen LogP contribution in [0.3, 0.4) is 0 Å². The molecule has 110 valence electrons. The fourth-order valence-corrected chi connectivity index (χ4v) is 1.81. The van der Waals surface area contributed by atoms with Gasteiger partial charge in [-0.15, -0.1) is 0 Å². The Bertz CT molecular complexity index is 694. The zero-order valence-electron chi connectivity index (χ0n) is 10.5. The molecule has 1 aliphatic heterocycles. The summed E-state index contributed by atoms with van der Waals surface area (Å²) < 4.78 is 0. The van der Waals surface area contributed by atoms with Gasteiger partial charge in [-0.25, -0.2) is 0 Å². The van der Waals surface area contributed by atoms with Gasteiger partial charge in [0, 0.05) is 12.5 Å². The third-order valence-electron chi connectivity index (χ3n) is 2.89. The fourth-order valence-electron chi connectivity index (χ4n) is 1.81. The molecule has 0 spiro atoms. The summed E-state index contributed by atoms with van der Waals surface area (Å²) in [7, 11) is 0. The minimum atomic E-state index is -0.964. The molecule has 1 unspecified atom stereocenters. The molecule has 2 heterocycles. The number of piperidine rings is 1. The highest BCUT2D eigenvalue weighted by atomic mass is 16.6. The van der Waals surface area contributed by atoms with Crippen molar-refractivity contribution in [2.24, 2.45) is 0 Å². The monoisotopic (exact) mass is 294 g/mol. The molecule has 0 aliphatic carbocycles. The number of H-pyrrole nitrogens is 1. The number of hydrogen-bond donors (Lipinski definition) is 3. The van der Waals surface area contributed by atoms with Gasteiger partial charge in [0.1, 0.15) is 11.6 Å². The number of aromatic amines is 1. The Hall–Kier alpha value is -3.04. The zero-order valence-corrected chi connectivity index (χ0v) is 10.5. The van der Waals surface area contributed by atoms with E-state index in [-0.39, 0.29) is 12.8 Å². The lowest BCUT2D eigenvalue weighted by molar-refractivity contribution is -0.385. The first-order valence-electron chi connectivity index (χ1n) is 5.90. The molecule has 0 bridgehead atoms. The molecule has 21 heavy (non-hydrogen) atoms. The maximum Gasteiger partial charge on any atom is 0.286 e. The van der Waals surface area contributed by atoms with Crippen molar-refractivity contribution in [3.05, 3.63) is 38.3 Å². The van der Waals surface area contributed by atoms with Crippen LogP contribution >= 0.6 is 0 Å². The third kappa shape index (κ3) is 3.11. The Morgan fingerprint density at radius 1 is 1.38 bits per heavy atom. The van der Waals surface area contributed by atoms with Crippen LogP contribution in [0.1, 0.15) is 23.2 Å². The van der Waals surface area contributed by atoms with Gasteiger partial charge in [-0.3, -0.25) is 34.6 Å². The summed E-state index contributed by atoms with van der Waals surface area (Å²) in [6, 6.07) is -0.145. The van der Waals surface area contributed by atoms with Crippen molar-refractivity contribution < 1.29 is 19.3 Å². The topological polar surface area (TPSA) is 151 Å². The molecule has 0 aromatic carbocycles. The van der Waals surface area contributed by atoms with Crippen molar-refractivity contribution in [1.82, 2.24) is 15.6 Å². The van der Waals surface area contributed by atoms with E-state index in [1.165, 1.54) is 0 Å². The second-order valence-electron chi connectivity index (χ2n) is 4.33. The smallest absolute Gasteiger partial charge is 0.286 e. The molecule has 1 fully saturated rings. The molecule has 10 nitrogen and oxygen atoms in total. The number of carbonyl (C=O) groups is 3. The Kier molecular flexibility index (Phi) is 3.78. The second kappa shape index (κ2) is 5.53. The van der Waals surface area contributed by atoms with Gasteiger partial charge >= 0.3 is 0 Å². The predicted octanol–water partition coefficient (Wildman–Crippen LogP) is -1.18. The maximum absolute atomic E-state index is 11.9. The molecule has 1 saturated heterocycles. The quantitative estimate of drug-likeness (QED) is 0.362. The summed E-state index contributed by atoms with van der Waals surface area (Å²) in [6.45, 7) is 0. The molecule has 1 aliphatic rings. The number of aromatic nitrogens is 1. The number of nitrogens with zero attached hydrogens (tertiary/aromatic N) is 1. The number of rotatable bonds is 3. The van der Waals surface area contributed by atoms with Gasteiger partial charge in [-0.2, -0.15) is 0 Å². The first-order chi connectivity index (χ1) is 9.88. The number of pyridine rings is 1. The lowest BCUT2D eigenvalue weighted by atomic mass is 10.1. The maximum atomic E-state index is 11.9. The number of amides is 3. The molecule has 3 N–H and O–H groups in total. The lowest BCUT2D eigenvalue weighted by Gasteiger charge is -2.21. The molecule has 2 rings (SSSR count). The van der Waals surface area contributed by atoms with E-state index in [0.29, 0.717) is 0 Å². The summed E-state index contributed by atoms with van der Waals surface area (Å²) in [5.74, 6) is -2.05. The van der Waals surface area contributed by atoms with Gasteiger partial charge in [0.2, 0.25) is 11.8 Å². The van der Waals surface area contributed by atoms with Crippen LogP contribution in [0.25, 0.3) is 0 Å². The molecule has 1 aromatic heterocycles. The Morgan fingerprint density at radius 2 is 2.10 bits per heavy atom. The molecule has 10 heteroatoms. The Morgan fingerprint density at radius 3 is 2.71 bits per heavy atom. The van der Waals surface area contributed by atoms with Crippen molar-refractivity contribution in [1.29, 1.82) is 0 Å². The van der Waals surface area contributed by atoms with Crippen LogP contribution in [0.15, 0.2) is 17.1 Å². The van der Waals surface area contributed by atoms with E-state index in [0.717, 1.165) is 12.3 Å². The van der Waals surface area contributed by atoms with Crippen molar-refractivity contribution in [3.63, 3.8) is 0 Å². The lowest BCUT2D eigenvalue weighted by Crippen LogP contribution is -2.52. The predicted molar refractivity (Wildman–Crippen MR) is 67.4 cm³/mol. The SMILES string of the molecule is O=C1CCC(NC(=O)c2cc([N+](=O)[O-])c[nH]c2=O)C(=O)N1. The molecular weight excluding hydrogens is 284 g/mol. The third-order valence-corrected chi connectivity index (χ3v) is 2.89. The van der Waals surface area contributed by atoms with Crippen molar-refractivity contribution in [2.45, 2.75) is 18.9 Å². The van der Waals surface area contributed by atoms with Crippen LogP contribution in [0.4, 0.5) is 5.69 Å². The second-order valence-corrected chi connectivity index (χ2v) is 4.33. The molecule has 1 atom stereocenters. The average Bonchev–Trinajstić information content (AvgIpc) is 2.42. The van der Waals surface area contributed by atoms with Crippen LogP contribution < -0.4 is 16.2 Å². The minimum Gasteiger partial charge on any atom is -0.340 e. The number of imide groups is 1. The van der Waals surface area contributed by atoms with Gasteiger partial charge in [0.15, 0.2) is 0 Å². The highest BCUT2D eigenvalue weighted by Gasteiger charge is 2.29. The van der Waals surface area contributed by atoms with Crippen molar-refractivity contribution >= 4 is 23.4 Å². The number of nitro groups is 1. The number of nitrogens with one attached hydrogen (secondary N) is 3. The molecule has 3 amide bonds. The van der Waals surface area contributed by atoms with E-state index in [1.807, 2.05) is 5.32 Å². The van der Waals surface area contributed by atoms with E-state index < -0.39 is 45.5 Å². The normalized spacial score (nSPS) is 18.0. The number of hydrogen-bond acceptors (Lipinski definition) is 6. The van der Waals surface area contributed by atoms with E-state index in [9.17, 15) is 29.3 Å². The zero-order chi connectivity index (χ0) is 15.6. The Balaban J connectivity index is 2.19. The van der Waals surface area contributed by atoms with E-state index in [4.69, 9.17) is 0 Å². The van der Waals surface area contributed by atoms with Crippen molar-refractivity contribution in [2.75, 3.05) is 0 Å². The first-order valence-corrected chi connectivity index (χ1v) is 5.90. The molecule has 0 saturated carbocycles. The van der Waals surface area contributed by atoms with E-state index in [1.54, 1.807) is 0 Å². The largest absolute Gasteiger partial charge is 0.340 e. The summed E-state index contributed by atoms with van der Waals surface area (Å²) in [5, 5.41) is 14.9. The summed E-state index contributed by atoms with van der Waals surface area (Å²) in [4.78, 5) is 57.8. The van der Waals surface area contributed by atoms with Gasteiger partial charge in [0.05, 0.1) is 11.1 Å². The van der Waals surface area contributed by atoms with Gasteiger partial charge in [-0.05, 0) is 6.42 Å². The first kappa shape index (κ1) is 14.4. The number of carbonyl (C=O) groups excluding carboxylic acids is 3. The fraction of sp³-hybridized carbons (Fsp3) is 0.273. The minimum absolute atomic E-state index is 0.0575. The molecular formula is C11H10N4O6. The summed E-state index contributed by atoms with van der Waals surface area (Å²) in [6.07, 6.45) is 1.02. The average molecular weight is 294 g/mol. The van der Waals surface area contributed by atoms with Gasteiger partial charge < -0.3 is 10.3 Å². The molecule has 0 radical (unpaired) electrons. The van der Waals surface area contributed by atoms with Crippen LogP contribution in [0, 0.1) is 10.1 Å². The van der Waals surface area contributed by atoms with E-state index in [2.05, 4.69) is 10.3 Å². The van der Waals surface area contributed by atoms with Crippen LogP contribution in [-0.4, -0.2) is 33.7 Å². The van der Waals surface area contributed by atoms with Gasteiger partial charge in [0.25, 0.3) is 17.2 Å². The highest BCUT2D eigenvalue weighted by Crippen LogP contribution is 2.09. The molecule has 1 aromatic rings. The summed E-state index contributed by atoms with van der Waals surface area (Å²) >= 11 is 0. The summed E-state index contributed by atoms with van der Waals surface area (Å²) in [5.41, 5.74) is -1.75. The van der Waals surface area contributed by atoms with Crippen LogP contribution in [0.2, 0.25) is 0 Å². The highest BCUT2D eigenvalue weighted by molar-refractivity contribution is 6.03.